The summed E-state index contributed by atoms with van der Waals surface area (Å²) in [4.78, 5) is 11.4. The number of nitrogens with two attached hydrogens (primary N) is 1. The van der Waals surface area contributed by atoms with E-state index in [0.29, 0.717) is 5.82 Å². The molecule has 3 rings (SSSR count). The average Bonchev–Trinajstić information content (AvgIpc) is 2.85. The lowest BCUT2D eigenvalue weighted by molar-refractivity contribution is 0.992. The van der Waals surface area contributed by atoms with Crippen molar-refractivity contribution < 1.29 is 0 Å². The summed E-state index contributed by atoms with van der Waals surface area (Å²) in [6.45, 7) is 4.25. The molecule has 3 aromatic rings. The van der Waals surface area contributed by atoms with Gasteiger partial charge < -0.3 is 5.73 Å². The van der Waals surface area contributed by atoms with Crippen LogP contribution in [0.25, 0.3) is 10.2 Å². The van der Waals surface area contributed by atoms with Gasteiger partial charge in [-0.05, 0) is 30.5 Å². The largest absolute Gasteiger partial charge is 0.383 e. The molecule has 3 nitrogen and oxygen atoms in total. The zero-order chi connectivity index (χ0) is 14.1. The number of hydrogen-bond donors (Lipinski definition) is 1. The molecular formula is C16H17N3S. The fourth-order valence-corrected chi connectivity index (χ4v) is 3.27. The van der Waals surface area contributed by atoms with Crippen LogP contribution >= 0.6 is 11.3 Å². The van der Waals surface area contributed by atoms with Crippen molar-refractivity contribution in [3.05, 3.63) is 52.2 Å². The number of anilines is 1. The molecule has 0 atom stereocenters. The van der Waals surface area contributed by atoms with Gasteiger partial charge in [0.15, 0.2) is 0 Å². The SMILES string of the molecule is CCc1cc2c(N)nc(Cc3ccccc3C)nc2s1. The summed E-state index contributed by atoms with van der Waals surface area (Å²) < 4.78 is 0. The van der Waals surface area contributed by atoms with Crippen molar-refractivity contribution in [1.29, 1.82) is 0 Å². The summed E-state index contributed by atoms with van der Waals surface area (Å²) in [5.74, 6) is 1.39. The zero-order valence-electron chi connectivity index (χ0n) is 11.7. The minimum atomic E-state index is 0.592. The molecule has 0 aliphatic rings. The molecule has 0 unspecified atom stereocenters. The normalized spacial score (nSPS) is 11.1. The number of nitrogens with zero attached hydrogens (tertiary/aromatic N) is 2. The molecular weight excluding hydrogens is 266 g/mol. The molecule has 20 heavy (non-hydrogen) atoms. The Morgan fingerprint density at radius 3 is 2.75 bits per heavy atom. The van der Waals surface area contributed by atoms with E-state index in [1.807, 2.05) is 12.1 Å². The Hall–Kier alpha value is -1.94. The Morgan fingerprint density at radius 1 is 1.20 bits per heavy atom. The van der Waals surface area contributed by atoms with E-state index in [4.69, 9.17) is 5.73 Å². The molecule has 0 saturated heterocycles. The number of thiophene rings is 1. The number of fused-ring (bicyclic) bond motifs is 1. The highest BCUT2D eigenvalue weighted by Gasteiger charge is 2.10. The minimum absolute atomic E-state index is 0.592. The second-order valence-corrected chi connectivity index (χ2v) is 6.03. The van der Waals surface area contributed by atoms with Gasteiger partial charge in [-0.1, -0.05) is 31.2 Å². The minimum Gasteiger partial charge on any atom is -0.383 e. The molecule has 0 saturated carbocycles. The van der Waals surface area contributed by atoms with Crippen molar-refractivity contribution in [3.8, 4) is 0 Å². The molecule has 2 N–H and O–H groups in total. The summed E-state index contributed by atoms with van der Waals surface area (Å²) >= 11 is 1.71. The number of rotatable bonds is 3. The standard InChI is InChI=1S/C16H17N3S/c1-3-12-9-13-15(17)18-14(19-16(13)20-12)8-11-7-5-4-6-10(11)2/h4-7,9H,3,8H2,1-2H3,(H2,17,18,19). The molecule has 102 valence electrons. The molecule has 0 bridgehead atoms. The lowest BCUT2D eigenvalue weighted by atomic mass is 10.1. The lowest BCUT2D eigenvalue weighted by Gasteiger charge is -2.05. The smallest absolute Gasteiger partial charge is 0.136 e. The summed E-state index contributed by atoms with van der Waals surface area (Å²) in [5, 5.41) is 0.986. The molecule has 0 aliphatic heterocycles. The third-order valence-electron chi connectivity index (χ3n) is 3.48. The van der Waals surface area contributed by atoms with Crippen molar-refractivity contribution in [2.45, 2.75) is 26.7 Å². The summed E-state index contributed by atoms with van der Waals surface area (Å²) in [5.41, 5.74) is 8.58. The number of aromatic nitrogens is 2. The Kier molecular flexibility index (Phi) is 3.40. The van der Waals surface area contributed by atoms with E-state index >= 15 is 0 Å². The first-order valence-electron chi connectivity index (χ1n) is 6.76. The molecule has 4 heteroatoms. The Balaban J connectivity index is 2.02. The van der Waals surface area contributed by atoms with E-state index in [2.05, 4.69) is 42.0 Å². The van der Waals surface area contributed by atoms with Crippen LogP contribution in [0, 0.1) is 6.92 Å². The Labute approximate surface area is 122 Å². The van der Waals surface area contributed by atoms with Crippen molar-refractivity contribution in [1.82, 2.24) is 9.97 Å². The highest BCUT2D eigenvalue weighted by molar-refractivity contribution is 7.18. The van der Waals surface area contributed by atoms with Crippen LogP contribution in [0.15, 0.2) is 30.3 Å². The van der Waals surface area contributed by atoms with Gasteiger partial charge in [-0.15, -0.1) is 11.3 Å². The van der Waals surface area contributed by atoms with E-state index in [-0.39, 0.29) is 0 Å². The topological polar surface area (TPSA) is 51.8 Å². The van der Waals surface area contributed by atoms with Crippen LogP contribution in [-0.4, -0.2) is 9.97 Å². The van der Waals surface area contributed by atoms with Crippen molar-refractivity contribution >= 4 is 27.4 Å². The lowest BCUT2D eigenvalue weighted by Crippen LogP contribution is -2.01. The van der Waals surface area contributed by atoms with Gasteiger partial charge in [0.1, 0.15) is 16.5 Å². The van der Waals surface area contributed by atoms with Crippen LogP contribution in [0.4, 0.5) is 5.82 Å². The number of benzene rings is 1. The maximum atomic E-state index is 6.07. The van der Waals surface area contributed by atoms with E-state index in [1.165, 1.54) is 16.0 Å². The summed E-state index contributed by atoms with van der Waals surface area (Å²) in [7, 11) is 0. The van der Waals surface area contributed by atoms with E-state index in [1.54, 1.807) is 11.3 Å². The van der Waals surface area contributed by atoms with Crippen molar-refractivity contribution in [2.24, 2.45) is 0 Å². The first kappa shape index (κ1) is 13.1. The highest BCUT2D eigenvalue weighted by atomic mass is 32.1. The molecule has 1 aromatic carbocycles. The molecule has 0 spiro atoms. The second-order valence-electron chi connectivity index (χ2n) is 4.91. The van der Waals surface area contributed by atoms with Crippen LogP contribution in [-0.2, 0) is 12.8 Å². The quantitative estimate of drug-likeness (QED) is 0.796. The van der Waals surface area contributed by atoms with E-state index in [0.717, 1.165) is 28.9 Å². The van der Waals surface area contributed by atoms with Gasteiger partial charge >= 0.3 is 0 Å². The summed E-state index contributed by atoms with van der Waals surface area (Å²) in [6, 6.07) is 10.4. The van der Waals surface area contributed by atoms with Crippen LogP contribution in [0.2, 0.25) is 0 Å². The van der Waals surface area contributed by atoms with Crippen LogP contribution in [0.1, 0.15) is 28.8 Å². The first-order chi connectivity index (χ1) is 9.67. The maximum absolute atomic E-state index is 6.07. The van der Waals surface area contributed by atoms with Gasteiger partial charge in [-0.3, -0.25) is 0 Å². The van der Waals surface area contributed by atoms with Crippen LogP contribution in [0.3, 0.4) is 0 Å². The van der Waals surface area contributed by atoms with Gasteiger partial charge in [0.25, 0.3) is 0 Å². The van der Waals surface area contributed by atoms with Gasteiger partial charge in [0.2, 0.25) is 0 Å². The predicted octanol–water partition coefficient (Wildman–Crippen LogP) is 3.74. The highest BCUT2D eigenvalue weighted by Crippen LogP contribution is 2.28. The Morgan fingerprint density at radius 2 is 2.00 bits per heavy atom. The van der Waals surface area contributed by atoms with Gasteiger partial charge in [-0.2, -0.15) is 0 Å². The van der Waals surface area contributed by atoms with Crippen molar-refractivity contribution in [3.63, 3.8) is 0 Å². The molecule has 0 radical (unpaired) electrons. The van der Waals surface area contributed by atoms with Gasteiger partial charge in [0.05, 0.1) is 5.39 Å². The molecule has 0 aliphatic carbocycles. The number of hydrogen-bond acceptors (Lipinski definition) is 4. The average molecular weight is 283 g/mol. The molecule has 2 aromatic heterocycles. The third kappa shape index (κ3) is 2.39. The van der Waals surface area contributed by atoms with Crippen LogP contribution < -0.4 is 5.73 Å². The van der Waals surface area contributed by atoms with E-state index in [9.17, 15) is 0 Å². The zero-order valence-corrected chi connectivity index (χ0v) is 12.5. The molecule has 2 heterocycles. The maximum Gasteiger partial charge on any atom is 0.136 e. The van der Waals surface area contributed by atoms with Crippen LogP contribution in [0.5, 0.6) is 0 Å². The van der Waals surface area contributed by atoms with Crippen molar-refractivity contribution in [2.75, 3.05) is 5.73 Å². The van der Waals surface area contributed by atoms with Gasteiger partial charge in [0, 0.05) is 11.3 Å². The Bertz CT molecular complexity index is 762. The second kappa shape index (κ2) is 5.21. The summed E-state index contributed by atoms with van der Waals surface area (Å²) in [6.07, 6.45) is 1.74. The monoisotopic (exact) mass is 283 g/mol. The number of nitrogen functional groups attached to an aromatic ring is 1. The number of aryl methyl sites for hydroxylation is 2. The fourth-order valence-electron chi connectivity index (χ4n) is 2.27. The first-order valence-corrected chi connectivity index (χ1v) is 7.58. The molecule has 0 fully saturated rings. The van der Waals surface area contributed by atoms with Gasteiger partial charge in [-0.25, -0.2) is 9.97 Å². The predicted molar refractivity (Wildman–Crippen MR) is 85.2 cm³/mol. The third-order valence-corrected chi connectivity index (χ3v) is 4.65. The fraction of sp³-hybridized carbons (Fsp3) is 0.250. The van der Waals surface area contributed by atoms with E-state index < -0.39 is 0 Å². The molecule has 0 amide bonds.